The topological polar surface area (TPSA) is 71.1 Å². The fraction of sp³-hybridized carbons (Fsp3) is 0.462. The molecule has 0 aromatic carbocycles. The summed E-state index contributed by atoms with van der Waals surface area (Å²) >= 11 is 3.35. The van der Waals surface area contributed by atoms with E-state index in [-0.39, 0.29) is 0 Å². The van der Waals surface area contributed by atoms with Crippen LogP contribution in [-0.2, 0) is 4.74 Å². The van der Waals surface area contributed by atoms with E-state index in [1.54, 1.807) is 12.3 Å². The van der Waals surface area contributed by atoms with Gasteiger partial charge < -0.3 is 4.74 Å². The molecular weight excluding hydrogens is 324 g/mol. The molecule has 2 aromatic rings. The number of carbonyl (C=O) groups excluding carboxylic acids is 1. The molecule has 2 aromatic heterocycles. The predicted molar refractivity (Wildman–Crippen MR) is 80.8 cm³/mol. The minimum atomic E-state index is -0.538. The molecule has 2 heterocycles. The number of hydrogen-bond acceptors (Lipinski definition) is 4. The average molecular weight is 341 g/mol. The lowest BCUT2D eigenvalue weighted by Gasteiger charge is -2.25. The molecule has 2 rings (SSSR count). The van der Waals surface area contributed by atoms with Crippen molar-refractivity contribution >= 4 is 38.7 Å². The third-order valence-electron chi connectivity index (χ3n) is 2.59. The molecule has 0 saturated heterocycles. The van der Waals surface area contributed by atoms with Gasteiger partial charge in [0.2, 0.25) is 0 Å². The molecule has 6 nitrogen and oxygen atoms in total. The number of H-pyrrole nitrogens is 1. The fourth-order valence-corrected chi connectivity index (χ4v) is 2.11. The number of aromatic amines is 1. The minimum Gasteiger partial charge on any atom is -0.443 e. The van der Waals surface area contributed by atoms with Gasteiger partial charge in [-0.15, -0.1) is 0 Å². The molecule has 0 atom stereocenters. The first kappa shape index (κ1) is 14.8. The zero-order valence-corrected chi connectivity index (χ0v) is 13.5. The molecule has 0 radical (unpaired) electrons. The third kappa shape index (κ3) is 3.09. The van der Waals surface area contributed by atoms with Gasteiger partial charge in [0.25, 0.3) is 0 Å². The first-order valence-corrected chi connectivity index (χ1v) is 7.11. The Morgan fingerprint density at radius 3 is 2.80 bits per heavy atom. The van der Waals surface area contributed by atoms with Crippen LogP contribution in [0.1, 0.15) is 27.7 Å². The maximum absolute atomic E-state index is 12.2. The second-order valence-electron chi connectivity index (χ2n) is 5.32. The molecule has 0 bridgehead atoms. The van der Waals surface area contributed by atoms with E-state index in [0.29, 0.717) is 12.4 Å². The van der Waals surface area contributed by atoms with Crippen molar-refractivity contribution in [2.75, 3.05) is 11.4 Å². The zero-order chi connectivity index (χ0) is 14.9. The summed E-state index contributed by atoms with van der Waals surface area (Å²) in [5.41, 5.74) is 0.202. The van der Waals surface area contributed by atoms with Crippen LogP contribution in [0.15, 0.2) is 16.9 Å². The molecule has 0 unspecified atom stereocenters. The standard InChI is InChI=1S/C13H17BrN4O2/c1-5-18(12(19)20-13(2,3)4)10-6-9-8(7-15-10)11(14)17-16-9/h6-7H,5H2,1-4H3,(H,16,17). The molecule has 0 saturated carbocycles. The van der Waals surface area contributed by atoms with Gasteiger partial charge in [0.1, 0.15) is 16.0 Å². The number of fused-ring (bicyclic) bond motifs is 1. The number of carbonyl (C=O) groups is 1. The fourth-order valence-electron chi connectivity index (χ4n) is 1.71. The number of anilines is 1. The van der Waals surface area contributed by atoms with Crippen LogP contribution in [0, 0.1) is 0 Å². The Balaban J connectivity index is 2.31. The summed E-state index contributed by atoms with van der Waals surface area (Å²) in [6, 6.07) is 1.75. The van der Waals surface area contributed by atoms with Gasteiger partial charge in [-0.1, -0.05) is 0 Å². The first-order valence-electron chi connectivity index (χ1n) is 6.32. The van der Waals surface area contributed by atoms with Crippen molar-refractivity contribution in [3.05, 3.63) is 16.9 Å². The SMILES string of the molecule is CCN(C(=O)OC(C)(C)C)c1cc2n[nH]c(Br)c2cn1. The number of halogens is 1. The Morgan fingerprint density at radius 1 is 1.50 bits per heavy atom. The van der Waals surface area contributed by atoms with Crippen molar-refractivity contribution in [2.45, 2.75) is 33.3 Å². The van der Waals surface area contributed by atoms with Crippen molar-refractivity contribution in [3.8, 4) is 0 Å². The highest BCUT2D eigenvalue weighted by molar-refractivity contribution is 9.10. The molecule has 1 amide bonds. The van der Waals surface area contributed by atoms with Crippen LogP contribution in [0.4, 0.5) is 10.6 Å². The molecular formula is C13H17BrN4O2. The van der Waals surface area contributed by atoms with E-state index in [1.807, 2.05) is 27.7 Å². The lowest BCUT2D eigenvalue weighted by molar-refractivity contribution is 0.0581. The summed E-state index contributed by atoms with van der Waals surface area (Å²) in [5.74, 6) is 0.522. The Bertz CT molecular complexity index is 633. The van der Waals surface area contributed by atoms with Crippen LogP contribution in [0.25, 0.3) is 10.9 Å². The number of rotatable bonds is 2. The van der Waals surface area contributed by atoms with E-state index in [4.69, 9.17) is 4.74 Å². The summed E-state index contributed by atoms with van der Waals surface area (Å²) in [6.45, 7) is 7.84. The molecule has 7 heteroatoms. The van der Waals surface area contributed by atoms with Crippen LogP contribution in [0.5, 0.6) is 0 Å². The molecule has 0 aliphatic carbocycles. The number of nitrogens with one attached hydrogen (secondary N) is 1. The third-order valence-corrected chi connectivity index (χ3v) is 3.19. The van der Waals surface area contributed by atoms with Crippen LogP contribution in [0.2, 0.25) is 0 Å². The number of aromatic nitrogens is 3. The lowest BCUT2D eigenvalue weighted by atomic mass is 10.2. The van der Waals surface area contributed by atoms with E-state index in [9.17, 15) is 4.79 Å². The van der Waals surface area contributed by atoms with Gasteiger partial charge in [-0.25, -0.2) is 9.78 Å². The van der Waals surface area contributed by atoms with Crippen LogP contribution in [-0.4, -0.2) is 33.4 Å². The molecule has 0 spiro atoms. The molecule has 0 aliphatic heterocycles. The summed E-state index contributed by atoms with van der Waals surface area (Å²) in [7, 11) is 0. The Labute approximate surface area is 125 Å². The monoisotopic (exact) mass is 340 g/mol. The van der Waals surface area contributed by atoms with Crippen molar-refractivity contribution in [1.82, 2.24) is 15.2 Å². The summed E-state index contributed by atoms with van der Waals surface area (Å²) in [5, 5.41) is 7.83. The van der Waals surface area contributed by atoms with Gasteiger partial charge in [0, 0.05) is 18.8 Å². The maximum atomic E-state index is 12.2. The van der Waals surface area contributed by atoms with Gasteiger partial charge in [-0.05, 0) is 43.6 Å². The van der Waals surface area contributed by atoms with E-state index >= 15 is 0 Å². The summed E-state index contributed by atoms with van der Waals surface area (Å²) < 4.78 is 6.14. The van der Waals surface area contributed by atoms with Gasteiger partial charge in [0.05, 0.1) is 10.9 Å². The van der Waals surface area contributed by atoms with E-state index in [0.717, 1.165) is 15.5 Å². The average Bonchev–Trinajstić information content (AvgIpc) is 2.69. The summed E-state index contributed by atoms with van der Waals surface area (Å²) in [6.07, 6.45) is 1.26. The number of amides is 1. The largest absolute Gasteiger partial charge is 0.443 e. The van der Waals surface area contributed by atoms with Gasteiger partial charge >= 0.3 is 6.09 Å². The van der Waals surface area contributed by atoms with Crippen molar-refractivity contribution in [2.24, 2.45) is 0 Å². The van der Waals surface area contributed by atoms with Gasteiger partial charge in [-0.3, -0.25) is 10.00 Å². The van der Waals surface area contributed by atoms with Crippen molar-refractivity contribution in [1.29, 1.82) is 0 Å². The highest BCUT2D eigenvalue weighted by Crippen LogP contribution is 2.24. The number of hydrogen-bond donors (Lipinski definition) is 1. The molecule has 20 heavy (non-hydrogen) atoms. The maximum Gasteiger partial charge on any atom is 0.415 e. The van der Waals surface area contributed by atoms with Crippen molar-refractivity contribution in [3.63, 3.8) is 0 Å². The molecule has 108 valence electrons. The Hall–Kier alpha value is -1.63. The van der Waals surface area contributed by atoms with E-state index < -0.39 is 11.7 Å². The van der Waals surface area contributed by atoms with Crippen LogP contribution >= 0.6 is 15.9 Å². The van der Waals surface area contributed by atoms with Crippen molar-refractivity contribution < 1.29 is 9.53 Å². The van der Waals surface area contributed by atoms with Crippen LogP contribution < -0.4 is 4.90 Å². The number of pyridine rings is 1. The quantitative estimate of drug-likeness (QED) is 0.908. The molecule has 0 fully saturated rings. The zero-order valence-electron chi connectivity index (χ0n) is 11.9. The highest BCUT2D eigenvalue weighted by Gasteiger charge is 2.23. The second kappa shape index (κ2) is 5.40. The molecule has 0 aliphatic rings. The summed E-state index contributed by atoms with van der Waals surface area (Å²) in [4.78, 5) is 17.9. The lowest BCUT2D eigenvalue weighted by Crippen LogP contribution is -2.37. The molecule has 1 N–H and O–H groups in total. The number of nitrogens with zero attached hydrogens (tertiary/aromatic N) is 3. The predicted octanol–water partition coefficient (Wildman–Crippen LogP) is 3.48. The second-order valence-corrected chi connectivity index (χ2v) is 6.11. The Kier molecular flexibility index (Phi) is 3.99. The van der Waals surface area contributed by atoms with Gasteiger partial charge in [-0.2, -0.15) is 5.10 Å². The first-order chi connectivity index (χ1) is 9.31. The smallest absolute Gasteiger partial charge is 0.415 e. The Morgan fingerprint density at radius 2 is 2.20 bits per heavy atom. The van der Waals surface area contributed by atoms with Crippen LogP contribution in [0.3, 0.4) is 0 Å². The van der Waals surface area contributed by atoms with E-state index in [2.05, 4.69) is 31.1 Å². The van der Waals surface area contributed by atoms with Gasteiger partial charge in [0.15, 0.2) is 0 Å². The normalized spacial score (nSPS) is 11.7. The number of ether oxygens (including phenoxy) is 1. The van der Waals surface area contributed by atoms with E-state index in [1.165, 1.54) is 4.90 Å². The minimum absolute atomic E-state index is 0.415. The highest BCUT2D eigenvalue weighted by atomic mass is 79.9.